The molecule has 172 valence electrons. The van der Waals surface area contributed by atoms with Crippen molar-refractivity contribution in [3.63, 3.8) is 0 Å². The van der Waals surface area contributed by atoms with Crippen LogP contribution in [0.3, 0.4) is 0 Å². The molecule has 6 aliphatic rings. The number of Topliss-reactive ketones (excluding diaryl/α,β-unsaturated/α-hetero) is 1. The zero-order chi connectivity index (χ0) is 21.8. The topological polar surface area (TPSA) is 55.8 Å². The number of aliphatic hydroxyl groups excluding tert-OH is 1. The van der Waals surface area contributed by atoms with Crippen molar-refractivity contribution in [2.75, 3.05) is 6.61 Å². The van der Waals surface area contributed by atoms with Gasteiger partial charge in [-0.25, -0.2) is 0 Å². The average Bonchev–Trinajstić information content (AvgIpc) is 3.15. The van der Waals surface area contributed by atoms with Gasteiger partial charge < -0.3 is 14.6 Å². The van der Waals surface area contributed by atoms with E-state index in [4.69, 9.17) is 9.47 Å². The summed E-state index contributed by atoms with van der Waals surface area (Å²) in [6, 6.07) is 0. The number of carbonyl (C=O) groups excluding carboxylic acids is 1. The molecule has 0 amide bonds. The van der Waals surface area contributed by atoms with Crippen LogP contribution in [0.25, 0.3) is 0 Å². The minimum absolute atomic E-state index is 0.0220. The summed E-state index contributed by atoms with van der Waals surface area (Å²) in [6.07, 6.45) is 9.91. The molecule has 2 heterocycles. The monoisotopic (exact) mass is 428 g/mol. The predicted octanol–water partition coefficient (Wildman–Crippen LogP) is 4.89. The van der Waals surface area contributed by atoms with Crippen molar-refractivity contribution in [1.82, 2.24) is 0 Å². The molecule has 0 unspecified atom stereocenters. The standard InChI is InChI=1S/C27H40O4/c1-15-7-10-27(30-14-15)16(2)23-22(31-27)12-20-19-6-5-17-11-18(28)8-9-25(17,3)24(19)21(29)13-26(20,23)4/h5,15-16,18-20,22-24,28H,6-14H2,1-4H3/t15-,16+,18+,19+,20+,22+,23+,24-,25+,26+,27-/m1/s1. The molecule has 4 nitrogen and oxygen atoms in total. The van der Waals surface area contributed by atoms with Crippen LogP contribution in [0, 0.1) is 46.3 Å². The van der Waals surface area contributed by atoms with Crippen molar-refractivity contribution in [2.24, 2.45) is 46.3 Å². The molecule has 4 aliphatic carbocycles. The van der Waals surface area contributed by atoms with Gasteiger partial charge in [0.1, 0.15) is 5.78 Å². The normalized spacial score (nSPS) is 58.4. The molecule has 5 fully saturated rings. The zero-order valence-electron chi connectivity index (χ0n) is 19.7. The molecule has 31 heavy (non-hydrogen) atoms. The number of allylic oxidation sites excluding steroid dienone is 1. The zero-order valence-corrected chi connectivity index (χ0v) is 19.7. The highest BCUT2D eigenvalue weighted by Gasteiger charge is 2.70. The van der Waals surface area contributed by atoms with E-state index >= 15 is 0 Å². The molecule has 0 aromatic carbocycles. The molecule has 11 atom stereocenters. The fraction of sp³-hybridized carbons (Fsp3) is 0.889. The molecule has 6 rings (SSSR count). The smallest absolute Gasteiger partial charge is 0.171 e. The second-order valence-corrected chi connectivity index (χ2v) is 12.6. The summed E-state index contributed by atoms with van der Waals surface area (Å²) in [5.74, 6) is 2.56. The fourth-order valence-corrected chi connectivity index (χ4v) is 9.49. The van der Waals surface area contributed by atoms with Gasteiger partial charge >= 0.3 is 0 Å². The minimum Gasteiger partial charge on any atom is -0.393 e. The Morgan fingerprint density at radius 2 is 1.97 bits per heavy atom. The van der Waals surface area contributed by atoms with Crippen LogP contribution in [-0.4, -0.2) is 35.5 Å². The Bertz CT molecular complexity index is 810. The molecule has 0 aromatic heterocycles. The van der Waals surface area contributed by atoms with Crippen LogP contribution in [0.2, 0.25) is 0 Å². The molecule has 0 aromatic rings. The highest BCUT2D eigenvalue weighted by molar-refractivity contribution is 5.85. The quantitative estimate of drug-likeness (QED) is 0.558. The van der Waals surface area contributed by atoms with Crippen molar-refractivity contribution >= 4 is 5.78 Å². The maximum Gasteiger partial charge on any atom is 0.171 e. The number of carbonyl (C=O) groups is 1. The van der Waals surface area contributed by atoms with Crippen LogP contribution in [-0.2, 0) is 14.3 Å². The third-order valence-corrected chi connectivity index (χ3v) is 11.0. The Morgan fingerprint density at radius 3 is 2.71 bits per heavy atom. The van der Waals surface area contributed by atoms with Crippen LogP contribution >= 0.6 is 0 Å². The number of hydrogen-bond donors (Lipinski definition) is 1. The van der Waals surface area contributed by atoms with E-state index in [1.165, 1.54) is 12.0 Å². The average molecular weight is 429 g/mol. The number of hydrogen-bond acceptors (Lipinski definition) is 4. The van der Waals surface area contributed by atoms with Gasteiger partial charge in [0, 0.05) is 24.7 Å². The van der Waals surface area contributed by atoms with E-state index in [-0.39, 0.29) is 29.0 Å². The van der Waals surface area contributed by atoms with Gasteiger partial charge in [0.25, 0.3) is 0 Å². The van der Waals surface area contributed by atoms with Crippen molar-refractivity contribution in [3.05, 3.63) is 11.6 Å². The van der Waals surface area contributed by atoms with E-state index in [0.717, 1.165) is 45.1 Å². The van der Waals surface area contributed by atoms with E-state index in [1.807, 2.05) is 0 Å². The van der Waals surface area contributed by atoms with E-state index in [9.17, 15) is 9.90 Å². The van der Waals surface area contributed by atoms with Gasteiger partial charge in [-0.1, -0.05) is 39.3 Å². The highest BCUT2D eigenvalue weighted by atomic mass is 16.7. The first-order valence-corrected chi connectivity index (χ1v) is 12.9. The maximum absolute atomic E-state index is 13.9. The van der Waals surface area contributed by atoms with Gasteiger partial charge in [-0.05, 0) is 73.0 Å². The van der Waals surface area contributed by atoms with Crippen LogP contribution in [0.5, 0.6) is 0 Å². The highest BCUT2D eigenvalue weighted by Crippen LogP contribution is 2.69. The first kappa shape index (κ1) is 20.9. The summed E-state index contributed by atoms with van der Waals surface area (Å²) < 4.78 is 13.2. The van der Waals surface area contributed by atoms with E-state index in [2.05, 4.69) is 33.8 Å². The molecule has 3 saturated carbocycles. The summed E-state index contributed by atoms with van der Waals surface area (Å²) in [4.78, 5) is 13.9. The van der Waals surface area contributed by atoms with Crippen molar-refractivity contribution in [1.29, 1.82) is 0 Å². The summed E-state index contributed by atoms with van der Waals surface area (Å²) in [7, 11) is 0. The lowest BCUT2D eigenvalue weighted by Crippen LogP contribution is -2.56. The van der Waals surface area contributed by atoms with Gasteiger partial charge in [0.15, 0.2) is 5.79 Å². The van der Waals surface area contributed by atoms with Crippen molar-refractivity contribution in [3.8, 4) is 0 Å². The van der Waals surface area contributed by atoms with Crippen LogP contribution < -0.4 is 0 Å². The number of ketones is 1. The lowest BCUT2D eigenvalue weighted by atomic mass is 9.46. The molecular weight excluding hydrogens is 388 g/mol. The number of ether oxygens (including phenoxy) is 2. The molecule has 2 saturated heterocycles. The number of rotatable bonds is 0. The van der Waals surface area contributed by atoms with E-state index in [0.29, 0.717) is 41.8 Å². The molecule has 2 aliphatic heterocycles. The first-order chi connectivity index (χ1) is 14.7. The summed E-state index contributed by atoms with van der Waals surface area (Å²) in [6.45, 7) is 10.1. The van der Waals surface area contributed by atoms with Gasteiger partial charge in [-0.3, -0.25) is 4.79 Å². The Labute approximate surface area is 187 Å². The lowest BCUT2D eigenvalue weighted by molar-refractivity contribution is -0.272. The molecule has 0 bridgehead atoms. The third-order valence-electron chi connectivity index (χ3n) is 11.0. The lowest BCUT2D eigenvalue weighted by Gasteiger charge is -2.57. The molecule has 4 heteroatoms. The Kier molecular flexibility index (Phi) is 4.49. The SMILES string of the molecule is C[C@@H]1CC[C@@]2(OC1)O[C@H]1C[C@H]3[C@@H]4CC=C5C[C@@H](O)CC[C@]5(C)[C@H]4C(=O)C[C@]3(C)[C@H]1[C@@H]2C. The van der Waals surface area contributed by atoms with E-state index in [1.54, 1.807) is 0 Å². The van der Waals surface area contributed by atoms with Gasteiger partial charge in [-0.15, -0.1) is 0 Å². The summed E-state index contributed by atoms with van der Waals surface area (Å²) in [5.41, 5.74) is 1.33. The summed E-state index contributed by atoms with van der Waals surface area (Å²) >= 11 is 0. The van der Waals surface area contributed by atoms with Crippen LogP contribution in [0.4, 0.5) is 0 Å². The second-order valence-electron chi connectivity index (χ2n) is 12.6. The van der Waals surface area contributed by atoms with Crippen LogP contribution in [0.15, 0.2) is 11.6 Å². The predicted molar refractivity (Wildman–Crippen MR) is 118 cm³/mol. The molecule has 1 spiro atoms. The fourth-order valence-electron chi connectivity index (χ4n) is 9.49. The Morgan fingerprint density at radius 1 is 1.16 bits per heavy atom. The van der Waals surface area contributed by atoms with Crippen molar-refractivity contribution < 1.29 is 19.4 Å². The maximum atomic E-state index is 13.9. The van der Waals surface area contributed by atoms with E-state index < -0.39 is 5.79 Å². The minimum atomic E-state index is -0.416. The van der Waals surface area contributed by atoms with Crippen molar-refractivity contribution in [2.45, 2.75) is 97.1 Å². The van der Waals surface area contributed by atoms with Crippen LogP contribution in [0.1, 0.15) is 79.1 Å². The number of aliphatic hydroxyl groups is 1. The summed E-state index contributed by atoms with van der Waals surface area (Å²) in [5, 5.41) is 10.2. The molecular formula is C27H40O4. The number of fused-ring (bicyclic) bond motifs is 7. The molecule has 0 radical (unpaired) electrons. The van der Waals surface area contributed by atoms with Gasteiger partial charge in [0.2, 0.25) is 0 Å². The van der Waals surface area contributed by atoms with Gasteiger partial charge in [-0.2, -0.15) is 0 Å². The van der Waals surface area contributed by atoms with Gasteiger partial charge in [0.05, 0.1) is 18.8 Å². The molecule has 1 N–H and O–H groups in total. The second kappa shape index (κ2) is 6.67. The largest absolute Gasteiger partial charge is 0.393 e. The first-order valence-electron chi connectivity index (χ1n) is 12.9. The Balaban J connectivity index is 1.32. The Hall–Kier alpha value is -0.710. The third kappa shape index (κ3) is 2.68.